The molecule has 12 heteroatoms. The molecule has 0 radical (unpaired) electrons. The second-order valence-corrected chi connectivity index (χ2v) is 7.15. The van der Waals surface area contributed by atoms with Gasteiger partial charge in [0, 0.05) is 18.4 Å². The van der Waals surface area contributed by atoms with Crippen LogP contribution in [0.1, 0.15) is 40.7 Å². The minimum Gasteiger partial charge on any atom is -0.481 e. The van der Waals surface area contributed by atoms with Gasteiger partial charge in [-0.1, -0.05) is 12.1 Å². The van der Waals surface area contributed by atoms with Crippen LogP contribution in [0.3, 0.4) is 0 Å². The lowest BCUT2D eigenvalue weighted by Gasteiger charge is -2.14. The number of benzene rings is 1. The number of carbonyl (C=O) groups excluding carboxylic acids is 1. The maximum atomic E-state index is 14.4. The average Bonchev–Trinajstić information content (AvgIpc) is 2.70. The van der Waals surface area contributed by atoms with Gasteiger partial charge in [-0.05, 0) is 37.0 Å². The van der Waals surface area contributed by atoms with Crippen LogP contribution in [0.4, 0.5) is 16.2 Å². The molecule has 1 unspecified atom stereocenters. The number of amides is 1. The normalized spacial score (nSPS) is 12.7. The predicted octanol–water partition coefficient (Wildman–Crippen LogP) is 0.495. The van der Waals surface area contributed by atoms with Gasteiger partial charge in [-0.25, -0.2) is 9.18 Å². The smallest absolute Gasteiger partial charge is 0.326 e. The van der Waals surface area contributed by atoms with E-state index in [0.717, 1.165) is 0 Å². The molecule has 0 spiro atoms. The first-order valence-electron chi connectivity index (χ1n) is 9.69. The monoisotopic (exact) mass is 449 g/mol. The third-order valence-electron chi connectivity index (χ3n) is 4.70. The molecule has 1 aromatic carbocycles. The summed E-state index contributed by atoms with van der Waals surface area (Å²) in [6.07, 6.45) is -1.84. The molecule has 0 saturated heterocycles. The van der Waals surface area contributed by atoms with Crippen LogP contribution in [-0.2, 0) is 22.4 Å². The van der Waals surface area contributed by atoms with E-state index >= 15 is 0 Å². The molecule has 1 aromatic heterocycles. The number of carboxylic acid groups (broad SMARTS) is 2. The zero-order chi connectivity index (χ0) is 23.8. The number of nitrogens with zero attached hydrogens (tertiary/aromatic N) is 1. The number of aliphatic carboxylic acids is 2. The molecule has 0 saturated carbocycles. The molecule has 2 rings (SSSR count). The SMILES string of the molecule is Nc1nc(N)c(CCC(F)Cc2ccc(C(=O)N[C@@H](CCC(=O)O)C(=O)O)cc2)c(=O)[nH]1. The van der Waals surface area contributed by atoms with Gasteiger partial charge >= 0.3 is 11.9 Å². The maximum absolute atomic E-state index is 14.4. The van der Waals surface area contributed by atoms with Crippen LogP contribution in [0.15, 0.2) is 29.1 Å². The van der Waals surface area contributed by atoms with E-state index in [1.54, 1.807) is 0 Å². The number of carboxylic acids is 2. The van der Waals surface area contributed by atoms with Crippen molar-refractivity contribution in [1.29, 1.82) is 0 Å². The molecule has 32 heavy (non-hydrogen) atoms. The fraction of sp³-hybridized carbons (Fsp3) is 0.350. The average molecular weight is 449 g/mol. The Balaban J connectivity index is 1.92. The second kappa shape index (κ2) is 10.9. The molecule has 172 valence electrons. The van der Waals surface area contributed by atoms with Gasteiger partial charge in [0.25, 0.3) is 11.5 Å². The number of anilines is 2. The van der Waals surface area contributed by atoms with E-state index in [2.05, 4.69) is 15.3 Å². The van der Waals surface area contributed by atoms with Gasteiger partial charge in [0.15, 0.2) is 0 Å². The Kier molecular flexibility index (Phi) is 8.27. The number of aromatic amines is 1. The summed E-state index contributed by atoms with van der Waals surface area (Å²) in [6.45, 7) is 0. The third-order valence-corrected chi connectivity index (χ3v) is 4.70. The number of alkyl halides is 1. The highest BCUT2D eigenvalue weighted by atomic mass is 19.1. The summed E-state index contributed by atoms with van der Waals surface area (Å²) in [5.74, 6) is -3.36. The van der Waals surface area contributed by atoms with Crippen molar-refractivity contribution < 1.29 is 29.0 Å². The van der Waals surface area contributed by atoms with Gasteiger partial charge in [0.2, 0.25) is 5.95 Å². The molecule has 0 fully saturated rings. The first-order chi connectivity index (χ1) is 15.1. The van der Waals surface area contributed by atoms with Gasteiger partial charge in [0.05, 0.1) is 5.56 Å². The summed E-state index contributed by atoms with van der Waals surface area (Å²) < 4.78 is 14.4. The van der Waals surface area contributed by atoms with E-state index in [-0.39, 0.29) is 48.6 Å². The Morgan fingerprint density at radius 3 is 2.34 bits per heavy atom. The summed E-state index contributed by atoms with van der Waals surface area (Å²) in [4.78, 5) is 51.9. The summed E-state index contributed by atoms with van der Waals surface area (Å²) in [5, 5.41) is 20.1. The predicted molar refractivity (Wildman–Crippen MR) is 113 cm³/mol. The van der Waals surface area contributed by atoms with Gasteiger partial charge in [-0.2, -0.15) is 4.98 Å². The van der Waals surface area contributed by atoms with Crippen molar-refractivity contribution in [3.05, 3.63) is 51.3 Å². The number of hydrogen-bond acceptors (Lipinski definition) is 7. The van der Waals surface area contributed by atoms with Gasteiger partial charge < -0.3 is 27.0 Å². The Labute approximate surface area is 181 Å². The zero-order valence-corrected chi connectivity index (χ0v) is 17.0. The number of nitrogens with one attached hydrogen (secondary N) is 2. The molecular weight excluding hydrogens is 425 g/mol. The van der Waals surface area contributed by atoms with Crippen molar-refractivity contribution in [3.63, 3.8) is 0 Å². The van der Waals surface area contributed by atoms with Crippen LogP contribution in [0.25, 0.3) is 0 Å². The number of nitrogens with two attached hydrogens (primary N) is 2. The molecule has 1 heterocycles. The number of H-pyrrole nitrogens is 1. The second-order valence-electron chi connectivity index (χ2n) is 7.15. The van der Waals surface area contributed by atoms with Crippen LogP contribution in [0, 0.1) is 0 Å². The molecule has 0 bridgehead atoms. The molecule has 11 nitrogen and oxygen atoms in total. The van der Waals surface area contributed by atoms with E-state index in [0.29, 0.717) is 5.56 Å². The minimum atomic E-state index is -1.34. The Hall–Kier alpha value is -3.96. The zero-order valence-electron chi connectivity index (χ0n) is 17.0. The van der Waals surface area contributed by atoms with Crippen LogP contribution >= 0.6 is 0 Å². The number of aromatic nitrogens is 2. The van der Waals surface area contributed by atoms with Gasteiger partial charge in [-0.15, -0.1) is 0 Å². The third kappa shape index (κ3) is 7.07. The van der Waals surface area contributed by atoms with Crippen LogP contribution < -0.4 is 22.3 Å². The molecule has 8 N–H and O–H groups in total. The van der Waals surface area contributed by atoms with Crippen molar-refractivity contribution in [3.8, 4) is 0 Å². The van der Waals surface area contributed by atoms with Crippen LogP contribution in [-0.4, -0.2) is 50.2 Å². The molecular formula is C20H24FN5O6. The summed E-state index contributed by atoms with van der Waals surface area (Å²) in [6, 6.07) is 4.55. The van der Waals surface area contributed by atoms with E-state index < -0.39 is 42.0 Å². The van der Waals surface area contributed by atoms with Crippen LogP contribution in [0.2, 0.25) is 0 Å². The highest BCUT2D eigenvalue weighted by molar-refractivity contribution is 5.96. The molecule has 0 aliphatic rings. The van der Waals surface area contributed by atoms with E-state index in [1.807, 2.05) is 0 Å². The molecule has 2 aromatic rings. The van der Waals surface area contributed by atoms with Crippen molar-refractivity contribution >= 4 is 29.6 Å². The largest absolute Gasteiger partial charge is 0.481 e. The molecule has 0 aliphatic carbocycles. The Morgan fingerprint density at radius 2 is 1.78 bits per heavy atom. The maximum Gasteiger partial charge on any atom is 0.326 e. The topological polar surface area (TPSA) is 201 Å². The highest BCUT2D eigenvalue weighted by Gasteiger charge is 2.21. The van der Waals surface area contributed by atoms with Crippen molar-refractivity contribution in [2.45, 2.75) is 44.3 Å². The number of halogens is 1. The Bertz CT molecular complexity index is 1040. The van der Waals surface area contributed by atoms with E-state index in [1.165, 1.54) is 24.3 Å². The molecule has 0 aliphatic heterocycles. The molecule has 2 atom stereocenters. The number of carbonyl (C=O) groups is 3. The first kappa shape index (κ1) is 24.3. The van der Waals surface area contributed by atoms with E-state index in [4.69, 9.17) is 21.7 Å². The molecule has 1 amide bonds. The standard InChI is InChI=1S/C20H24FN5O6/c21-12(5-6-13-16(22)25-20(23)26-18(13)30)9-10-1-3-11(4-2-10)17(29)24-14(19(31)32)7-8-15(27)28/h1-4,12,14H,5-9H2,(H,24,29)(H,27,28)(H,31,32)(H5,22,23,25,26,30)/t12?,14-/m0/s1. The lowest BCUT2D eigenvalue weighted by Crippen LogP contribution is -2.41. The number of rotatable bonds is 11. The fourth-order valence-electron chi connectivity index (χ4n) is 2.99. The van der Waals surface area contributed by atoms with Gasteiger partial charge in [-0.3, -0.25) is 19.4 Å². The Morgan fingerprint density at radius 1 is 1.12 bits per heavy atom. The lowest BCUT2D eigenvalue weighted by atomic mass is 10.0. The van der Waals surface area contributed by atoms with E-state index in [9.17, 15) is 23.6 Å². The number of hydrogen-bond donors (Lipinski definition) is 6. The number of nitrogen functional groups attached to an aromatic ring is 2. The van der Waals surface area contributed by atoms with Gasteiger partial charge in [0.1, 0.15) is 18.0 Å². The summed E-state index contributed by atoms with van der Waals surface area (Å²) >= 11 is 0. The van der Waals surface area contributed by atoms with Crippen molar-refractivity contribution in [2.75, 3.05) is 11.5 Å². The fourth-order valence-corrected chi connectivity index (χ4v) is 2.99. The van der Waals surface area contributed by atoms with Crippen LogP contribution in [0.5, 0.6) is 0 Å². The lowest BCUT2D eigenvalue weighted by molar-refractivity contribution is -0.140. The summed E-state index contributed by atoms with van der Waals surface area (Å²) in [5.41, 5.74) is 11.4. The quantitative estimate of drug-likeness (QED) is 0.282. The first-order valence-corrected chi connectivity index (χ1v) is 9.69. The van der Waals surface area contributed by atoms with Crippen molar-refractivity contribution in [1.82, 2.24) is 15.3 Å². The van der Waals surface area contributed by atoms with Crippen molar-refractivity contribution in [2.24, 2.45) is 0 Å². The highest BCUT2D eigenvalue weighted by Crippen LogP contribution is 2.15. The summed E-state index contributed by atoms with van der Waals surface area (Å²) in [7, 11) is 0. The minimum absolute atomic E-state index is 0.0188.